The Balaban J connectivity index is 1.17. The Hall–Kier alpha value is -3.09. The average Bonchev–Trinajstić information content (AvgIpc) is 3.58. The van der Waals surface area contributed by atoms with E-state index in [2.05, 4.69) is 83.5 Å². The van der Waals surface area contributed by atoms with Crippen LogP contribution in [0.4, 0.5) is 0 Å². The molecule has 1 aliphatic rings. The molecule has 3 heterocycles. The van der Waals surface area contributed by atoms with Gasteiger partial charge >= 0.3 is 5.76 Å². The third-order valence-electron chi connectivity index (χ3n) is 7.77. The number of likely N-dealkylation sites (tertiary alicyclic amines) is 1. The molecule has 0 bridgehead atoms. The Labute approximate surface area is 207 Å². The summed E-state index contributed by atoms with van der Waals surface area (Å²) in [5, 5.41) is 1.28. The number of rotatable bonds is 9. The first-order valence-electron chi connectivity index (χ1n) is 12.7. The summed E-state index contributed by atoms with van der Waals surface area (Å²) in [6, 6.07) is 17.8. The molecule has 35 heavy (non-hydrogen) atoms. The van der Waals surface area contributed by atoms with Crippen molar-refractivity contribution in [3.8, 4) is 0 Å². The molecule has 5 rings (SSSR count). The molecule has 1 N–H and O–H groups in total. The summed E-state index contributed by atoms with van der Waals surface area (Å²) in [5.74, 6) is 0.412. The molecule has 0 amide bonds. The van der Waals surface area contributed by atoms with E-state index in [9.17, 15) is 4.79 Å². The van der Waals surface area contributed by atoms with Gasteiger partial charge in [0.1, 0.15) is 6.26 Å². The highest BCUT2D eigenvalue weighted by molar-refractivity contribution is 5.84. The molecule has 1 saturated heterocycles. The Bertz CT molecular complexity index is 1320. The number of H-pyrrole nitrogens is 1. The van der Waals surface area contributed by atoms with E-state index >= 15 is 0 Å². The van der Waals surface area contributed by atoms with Gasteiger partial charge in [0.25, 0.3) is 0 Å². The quantitative estimate of drug-likeness (QED) is 0.387. The molecule has 2 aromatic carbocycles. The Morgan fingerprint density at radius 2 is 2.03 bits per heavy atom. The number of hydrogen-bond donors (Lipinski definition) is 1. The zero-order valence-electron chi connectivity index (χ0n) is 21.0. The molecule has 2 aromatic heterocycles. The first-order chi connectivity index (χ1) is 17.0. The molecule has 184 valence electrons. The first kappa shape index (κ1) is 23.6. The van der Waals surface area contributed by atoms with Gasteiger partial charge in [-0.1, -0.05) is 36.4 Å². The van der Waals surface area contributed by atoms with Gasteiger partial charge in [-0.3, -0.25) is 9.47 Å². The highest BCUT2D eigenvalue weighted by atomic mass is 16.4. The highest BCUT2D eigenvalue weighted by Crippen LogP contribution is 2.25. The molecular weight excluding hydrogens is 436 g/mol. The van der Waals surface area contributed by atoms with Gasteiger partial charge in [0.05, 0.1) is 5.69 Å². The third kappa shape index (κ3) is 5.29. The highest BCUT2D eigenvalue weighted by Gasteiger charge is 2.25. The largest absolute Gasteiger partial charge is 0.418 e. The predicted molar refractivity (Wildman–Crippen MR) is 141 cm³/mol. The summed E-state index contributed by atoms with van der Waals surface area (Å²) in [4.78, 5) is 20.2. The lowest BCUT2D eigenvalue weighted by molar-refractivity contribution is 0.216. The van der Waals surface area contributed by atoms with Gasteiger partial charge in [-0.05, 0) is 68.1 Å². The maximum absolute atomic E-state index is 11.6. The normalized spacial score (nSPS) is 17.5. The van der Waals surface area contributed by atoms with E-state index in [1.165, 1.54) is 47.1 Å². The van der Waals surface area contributed by atoms with Gasteiger partial charge in [0, 0.05) is 56.2 Å². The number of fused-ring (bicyclic) bond motifs is 1. The van der Waals surface area contributed by atoms with E-state index in [1.807, 2.05) is 0 Å². The van der Waals surface area contributed by atoms with Crippen molar-refractivity contribution < 1.29 is 4.42 Å². The zero-order valence-corrected chi connectivity index (χ0v) is 21.0. The molecule has 1 fully saturated rings. The fourth-order valence-electron chi connectivity index (χ4n) is 5.40. The van der Waals surface area contributed by atoms with Crippen molar-refractivity contribution in [1.82, 2.24) is 19.4 Å². The Morgan fingerprint density at radius 1 is 1.20 bits per heavy atom. The van der Waals surface area contributed by atoms with Crippen LogP contribution in [-0.4, -0.2) is 52.6 Å². The van der Waals surface area contributed by atoms with Crippen LogP contribution >= 0.6 is 0 Å². The molecule has 0 aliphatic carbocycles. The number of aromatic nitrogens is 2. The van der Waals surface area contributed by atoms with Crippen molar-refractivity contribution >= 4 is 10.9 Å². The number of hydrogen-bond acceptors (Lipinski definition) is 4. The van der Waals surface area contributed by atoms with Crippen LogP contribution in [0.15, 0.2) is 70.2 Å². The Morgan fingerprint density at radius 3 is 2.80 bits per heavy atom. The Kier molecular flexibility index (Phi) is 6.93. The number of aromatic amines is 1. The van der Waals surface area contributed by atoms with Crippen molar-refractivity contribution in [2.75, 3.05) is 33.2 Å². The molecule has 2 atom stereocenters. The van der Waals surface area contributed by atoms with Crippen molar-refractivity contribution in [2.45, 2.75) is 32.2 Å². The maximum atomic E-state index is 11.6. The van der Waals surface area contributed by atoms with Crippen LogP contribution in [-0.2, 0) is 19.9 Å². The minimum absolute atomic E-state index is 0.312. The predicted octanol–water partition coefficient (Wildman–Crippen LogP) is 4.61. The van der Waals surface area contributed by atoms with Crippen LogP contribution in [0.1, 0.15) is 41.8 Å². The number of benzene rings is 2. The van der Waals surface area contributed by atoms with E-state index in [0.717, 1.165) is 31.1 Å². The van der Waals surface area contributed by atoms with E-state index in [-0.39, 0.29) is 5.76 Å². The van der Waals surface area contributed by atoms with Crippen molar-refractivity contribution in [3.05, 3.63) is 93.9 Å². The molecule has 0 spiro atoms. The summed E-state index contributed by atoms with van der Waals surface area (Å²) < 4.78 is 6.59. The molecule has 4 aromatic rings. The van der Waals surface area contributed by atoms with Gasteiger partial charge in [0.2, 0.25) is 0 Å². The van der Waals surface area contributed by atoms with Gasteiger partial charge in [-0.15, -0.1) is 0 Å². The second-order valence-electron chi connectivity index (χ2n) is 10.2. The monoisotopic (exact) mass is 472 g/mol. The zero-order chi connectivity index (χ0) is 24.4. The van der Waals surface area contributed by atoms with Crippen molar-refractivity contribution in [1.29, 1.82) is 0 Å². The first-order valence-corrected chi connectivity index (χ1v) is 12.7. The summed E-state index contributed by atoms with van der Waals surface area (Å²) in [5.41, 5.74) is 5.99. The summed E-state index contributed by atoms with van der Waals surface area (Å²) in [6.45, 7) is 6.88. The van der Waals surface area contributed by atoms with Crippen LogP contribution in [0.2, 0.25) is 0 Å². The van der Waals surface area contributed by atoms with E-state index in [0.29, 0.717) is 12.5 Å². The number of oxazole rings is 1. The minimum Gasteiger partial charge on any atom is -0.416 e. The topological polar surface area (TPSA) is 57.4 Å². The minimum atomic E-state index is -0.312. The van der Waals surface area contributed by atoms with Gasteiger partial charge in [-0.2, -0.15) is 0 Å². The van der Waals surface area contributed by atoms with Gasteiger partial charge < -0.3 is 14.3 Å². The SMILES string of the molecule is CC(c1ccccc1)N(C)CC1CCN(CCc2c[nH]c3ccc(Cc4coc(=O)n4C)cc23)C1. The van der Waals surface area contributed by atoms with Crippen molar-refractivity contribution in [2.24, 2.45) is 13.0 Å². The summed E-state index contributed by atoms with van der Waals surface area (Å²) >= 11 is 0. The maximum Gasteiger partial charge on any atom is 0.418 e. The molecule has 2 unspecified atom stereocenters. The number of nitrogens with one attached hydrogen (secondary N) is 1. The lowest BCUT2D eigenvalue weighted by Gasteiger charge is -2.28. The van der Waals surface area contributed by atoms with E-state index in [4.69, 9.17) is 4.42 Å². The molecule has 6 heteroatoms. The molecule has 1 aliphatic heterocycles. The molecule has 0 radical (unpaired) electrons. The smallest absolute Gasteiger partial charge is 0.416 e. The van der Waals surface area contributed by atoms with Crippen LogP contribution < -0.4 is 5.76 Å². The fourth-order valence-corrected chi connectivity index (χ4v) is 5.40. The molecule has 6 nitrogen and oxygen atoms in total. The van der Waals surface area contributed by atoms with E-state index in [1.54, 1.807) is 17.9 Å². The van der Waals surface area contributed by atoms with Crippen LogP contribution in [0.5, 0.6) is 0 Å². The van der Waals surface area contributed by atoms with Crippen LogP contribution in [0.25, 0.3) is 10.9 Å². The lowest BCUT2D eigenvalue weighted by Crippen LogP contribution is -2.31. The van der Waals surface area contributed by atoms with Crippen molar-refractivity contribution in [3.63, 3.8) is 0 Å². The summed E-state index contributed by atoms with van der Waals surface area (Å²) in [6.07, 6.45) is 6.72. The standard InChI is InChI=1S/C29H36N4O2/c1-21(24-7-5-4-6-8-24)31(2)18-23-11-13-33(19-23)14-12-25-17-30-28-10-9-22(16-27(25)28)15-26-20-35-29(34)32(26)3/h4-10,16-17,20-21,23,30H,11-15,18-19H2,1-3H3. The molecular formula is C29H36N4O2. The second-order valence-corrected chi connectivity index (χ2v) is 10.2. The van der Waals surface area contributed by atoms with Crippen LogP contribution in [0.3, 0.4) is 0 Å². The lowest BCUT2D eigenvalue weighted by atomic mass is 10.0. The fraction of sp³-hybridized carbons (Fsp3) is 0.414. The second kappa shape index (κ2) is 10.3. The third-order valence-corrected chi connectivity index (χ3v) is 7.77. The summed E-state index contributed by atoms with van der Waals surface area (Å²) in [7, 11) is 4.01. The van der Waals surface area contributed by atoms with Gasteiger partial charge in [0.15, 0.2) is 0 Å². The van der Waals surface area contributed by atoms with Gasteiger partial charge in [-0.25, -0.2) is 4.79 Å². The van der Waals surface area contributed by atoms with Crippen LogP contribution in [0, 0.1) is 5.92 Å². The van der Waals surface area contributed by atoms with E-state index < -0.39 is 0 Å². The average molecular weight is 473 g/mol. The molecule has 0 saturated carbocycles. The number of nitrogens with zero attached hydrogens (tertiary/aromatic N) is 3.